The van der Waals surface area contributed by atoms with Crippen molar-refractivity contribution in [3.05, 3.63) is 50.2 Å². The number of aryl methyl sites for hydroxylation is 1. The highest BCUT2D eigenvalue weighted by molar-refractivity contribution is 9.10. The van der Waals surface area contributed by atoms with Crippen molar-refractivity contribution in [2.75, 3.05) is 6.61 Å². The van der Waals surface area contributed by atoms with Crippen molar-refractivity contribution < 1.29 is 5.11 Å². The minimum Gasteiger partial charge on any atom is -0.396 e. The molecule has 2 aliphatic rings. The number of rotatable bonds is 2. The van der Waals surface area contributed by atoms with Gasteiger partial charge in [0, 0.05) is 28.2 Å². The summed E-state index contributed by atoms with van der Waals surface area (Å²) < 4.78 is 1.02. The second-order valence-corrected chi connectivity index (χ2v) is 7.34. The van der Waals surface area contributed by atoms with E-state index in [1.165, 1.54) is 16.7 Å². The van der Waals surface area contributed by atoms with Crippen LogP contribution in [0.15, 0.2) is 39.0 Å². The van der Waals surface area contributed by atoms with Crippen molar-refractivity contribution in [1.82, 2.24) is 4.98 Å². The van der Waals surface area contributed by atoms with Gasteiger partial charge in [0.15, 0.2) is 0 Å². The van der Waals surface area contributed by atoms with E-state index in [9.17, 15) is 5.11 Å². The average Bonchev–Trinajstić information content (AvgIpc) is 2.57. The molecule has 1 N–H and O–H groups in total. The molecule has 1 aromatic heterocycles. The van der Waals surface area contributed by atoms with E-state index in [2.05, 4.69) is 40.0 Å². The molecule has 0 aliphatic heterocycles. The van der Waals surface area contributed by atoms with Crippen LogP contribution in [-0.4, -0.2) is 16.7 Å². The van der Waals surface area contributed by atoms with Crippen LogP contribution >= 0.6 is 27.5 Å². The van der Waals surface area contributed by atoms with Crippen LogP contribution in [0.3, 0.4) is 0 Å². The molecular formula is C17H19BrClNO. The zero-order valence-electron chi connectivity index (χ0n) is 12.1. The van der Waals surface area contributed by atoms with E-state index >= 15 is 0 Å². The Kier molecular flexibility index (Phi) is 4.53. The third-order valence-electron chi connectivity index (χ3n) is 4.49. The van der Waals surface area contributed by atoms with Gasteiger partial charge >= 0.3 is 0 Å². The van der Waals surface area contributed by atoms with Crippen LogP contribution in [0.2, 0.25) is 0 Å². The maximum Gasteiger partial charge on any atom is 0.0509 e. The molecule has 1 heterocycles. The summed E-state index contributed by atoms with van der Waals surface area (Å²) in [5.41, 5.74) is 5.21. The molecule has 2 atom stereocenters. The molecule has 3 rings (SSSR count). The average molecular weight is 369 g/mol. The zero-order chi connectivity index (χ0) is 15.0. The molecule has 21 heavy (non-hydrogen) atoms. The summed E-state index contributed by atoms with van der Waals surface area (Å²) in [5, 5.41) is 10.5. The highest BCUT2D eigenvalue weighted by Gasteiger charge is 2.31. The molecule has 0 fully saturated rings. The number of allylic oxidation sites excluding steroid dienone is 4. The lowest BCUT2D eigenvalue weighted by Crippen LogP contribution is -2.17. The van der Waals surface area contributed by atoms with Gasteiger partial charge in [0.05, 0.1) is 5.69 Å². The maximum absolute atomic E-state index is 9.52. The number of nitrogens with zero attached hydrogens (tertiary/aromatic N) is 1. The summed E-state index contributed by atoms with van der Waals surface area (Å²) in [6.07, 6.45) is 7.62. The first-order valence-corrected chi connectivity index (χ1v) is 8.61. The number of halogens is 2. The lowest BCUT2D eigenvalue weighted by Gasteiger charge is -2.29. The quantitative estimate of drug-likeness (QED) is 0.819. The monoisotopic (exact) mass is 367 g/mol. The van der Waals surface area contributed by atoms with Crippen molar-refractivity contribution in [2.24, 2.45) is 5.92 Å². The Hall–Kier alpha value is -0.640. The minimum atomic E-state index is 0.183. The van der Waals surface area contributed by atoms with Crippen molar-refractivity contribution in [3.63, 3.8) is 0 Å². The highest BCUT2D eigenvalue weighted by atomic mass is 79.9. The van der Waals surface area contributed by atoms with Crippen LogP contribution in [0.4, 0.5) is 0 Å². The molecule has 2 nitrogen and oxygen atoms in total. The molecule has 2 aliphatic carbocycles. The number of aromatic nitrogens is 1. The number of aliphatic hydroxyl groups is 1. The SMILES string of the molecule is CC1CC(Cl)=CC2=C1C(CCO)c1ncc(Br)cc1CC2. The van der Waals surface area contributed by atoms with Gasteiger partial charge in [0.1, 0.15) is 0 Å². The van der Waals surface area contributed by atoms with Crippen LogP contribution in [-0.2, 0) is 6.42 Å². The van der Waals surface area contributed by atoms with Crippen LogP contribution in [0.5, 0.6) is 0 Å². The Morgan fingerprint density at radius 3 is 3.00 bits per heavy atom. The Balaban J connectivity index is 2.13. The second-order valence-electron chi connectivity index (χ2n) is 5.94. The van der Waals surface area contributed by atoms with Gasteiger partial charge in [0.2, 0.25) is 0 Å². The highest BCUT2D eigenvalue weighted by Crippen LogP contribution is 2.45. The normalized spacial score (nSPS) is 25.0. The lowest BCUT2D eigenvalue weighted by atomic mass is 9.78. The summed E-state index contributed by atoms with van der Waals surface area (Å²) in [5.74, 6) is 0.636. The van der Waals surface area contributed by atoms with E-state index < -0.39 is 0 Å². The summed E-state index contributed by atoms with van der Waals surface area (Å²) >= 11 is 9.81. The Morgan fingerprint density at radius 2 is 2.24 bits per heavy atom. The summed E-state index contributed by atoms with van der Waals surface area (Å²) in [6.45, 7) is 2.42. The van der Waals surface area contributed by atoms with E-state index in [4.69, 9.17) is 11.6 Å². The van der Waals surface area contributed by atoms with Gasteiger partial charge in [-0.2, -0.15) is 0 Å². The van der Waals surface area contributed by atoms with Gasteiger partial charge < -0.3 is 5.11 Å². The molecule has 112 valence electrons. The van der Waals surface area contributed by atoms with Crippen LogP contribution in [0.1, 0.15) is 43.4 Å². The van der Waals surface area contributed by atoms with Crippen LogP contribution in [0, 0.1) is 5.92 Å². The molecule has 0 bridgehead atoms. The van der Waals surface area contributed by atoms with E-state index in [0.29, 0.717) is 5.92 Å². The molecule has 0 aromatic carbocycles. The topological polar surface area (TPSA) is 33.1 Å². The number of hydrogen-bond donors (Lipinski definition) is 1. The fraction of sp³-hybridized carbons (Fsp3) is 0.471. The van der Waals surface area contributed by atoms with Gasteiger partial charge in [-0.05, 0) is 70.8 Å². The third-order valence-corrected chi connectivity index (χ3v) is 5.19. The minimum absolute atomic E-state index is 0.183. The zero-order valence-corrected chi connectivity index (χ0v) is 14.4. The first-order valence-electron chi connectivity index (χ1n) is 7.44. The van der Waals surface area contributed by atoms with Gasteiger partial charge in [0.25, 0.3) is 0 Å². The Labute approximate surface area is 139 Å². The number of hydrogen-bond acceptors (Lipinski definition) is 2. The number of pyridine rings is 1. The predicted octanol–water partition coefficient (Wildman–Crippen LogP) is 4.72. The smallest absolute Gasteiger partial charge is 0.0509 e. The van der Waals surface area contributed by atoms with Gasteiger partial charge in [-0.1, -0.05) is 24.1 Å². The first kappa shape index (κ1) is 15.3. The molecule has 0 radical (unpaired) electrons. The van der Waals surface area contributed by atoms with E-state index in [0.717, 1.165) is 40.9 Å². The van der Waals surface area contributed by atoms with Crippen molar-refractivity contribution >= 4 is 27.5 Å². The summed E-state index contributed by atoms with van der Waals surface area (Å²) in [4.78, 5) is 4.68. The lowest BCUT2D eigenvalue weighted by molar-refractivity contribution is 0.277. The molecule has 2 unspecified atom stereocenters. The van der Waals surface area contributed by atoms with E-state index in [1.807, 2.05) is 6.20 Å². The fourth-order valence-corrected chi connectivity index (χ4v) is 4.42. The van der Waals surface area contributed by atoms with Crippen LogP contribution < -0.4 is 0 Å². The molecule has 1 aromatic rings. The van der Waals surface area contributed by atoms with Gasteiger partial charge in [-0.3, -0.25) is 4.98 Å². The molecule has 0 spiro atoms. The van der Waals surface area contributed by atoms with Crippen LogP contribution in [0.25, 0.3) is 0 Å². The fourth-order valence-electron chi connectivity index (χ4n) is 3.68. The van der Waals surface area contributed by atoms with Crippen molar-refractivity contribution in [1.29, 1.82) is 0 Å². The second kappa shape index (κ2) is 6.23. The largest absolute Gasteiger partial charge is 0.396 e. The number of fused-ring (bicyclic) bond motifs is 1. The van der Waals surface area contributed by atoms with Crippen molar-refractivity contribution in [2.45, 2.75) is 38.5 Å². The van der Waals surface area contributed by atoms with E-state index in [-0.39, 0.29) is 12.5 Å². The molecule has 0 saturated carbocycles. The maximum atomic E-state index is 9.52. The molecule has 0 saturated heterocycles. The Bertz CT molecular complexity index is 623. The van der Waals surface area contributed by atoms with Gasteiger partial charge in [-0.15, -0.1) is 0 Å². The van der Waals surface area contributed by atoms with Crippen molar-refractivity contribution in [3.8, 4) is 0 Å². The molecular weight excluding hydrogens is 350 g/mol. The molecule has 4 heteroatoms. The summed E-state index contributed by atoms with van der Waals surface area (Å²) in [6, 6.07) is 2.17. The first-order chi connectivity index (χ1) is 10.1. The Morgan fingerprint density at radius 1 is 1.43 bits per heavy atom. The van der Waals surface area contributed by atoms with Gasteiger partial charge in [-0.25, -0.2) is 0 Å². The number of aliphatic hydroxyl groups excluding tert-OH is 1. The third kappa shape index (κ3) is 2.96. The standard InChI is InChI=1S/C17H19BrClNO/c1-10-6-14(19)8-11-2-3-12-7-13(18)9-20-17(12)15(4-5-21)16(10)11/h7-10,15,21H,2-6H2,1H3. The molecule has 0 amide bonds. The summed E-state index contributed by atoms with van der Waals surface area (Å²) in [7, 11) is 0. The van der Waals surface area contributed by atoms with E-state index in [1.54, 1.807) is 0 Å². The predicted molar refractivity (Wildman–Crippen MR) is 89.4 cm³/mol.